The summed E-state index contributed by atoms with van der Waals surface area (Å²) in [6, 6.07) is 17.4. The summed E-state index contributed by atoms with van der Waals surface area (Å²) in [7, 11) is 0. The summed E-state index contributed by atoms with van der Waals surface area (Å²) in [6.07, 6.45) is 1.82. The summed E-state index contributed by atoms with van der Waals surface area (Å²) in [5.41, 5.74) is 3.42. The van der Waals surface area contributed by atoms with E-state index in [1.165, 1.54) is 10.5 Å². The van der Waals surface area contributed by atoms with Gasteiger partial charge in [-0.15, -0.1) is 0 Å². The van der Waals surface area contributed by atoms with E-state index in [1.807, 2.05) is 67.6 Å². The van der Waals surface area contributed by atoms with Crippen molar-refractivity contribution in [3.63, 3.8) is 0 Å². The van der Waals surface area contributed by atoms with Crippen molar-refractivity contribution in [1.82, 2.24) is 5.32 Å². The van der Waals surface area contributed by atoms with Gasteiger partial charge in [-0.2, -0.15) is 0 Å². The van der Waals surface area contributed by atoms with E-state index in [-0.39, 0.29) is 5.91 Å². The number of nitrogens with one attached hydrogen (secondary N) is 1. The van der Waals surface area contributed by atoms with Crippen LogP contribution >= 0.6 is 12.2 Å². The average molecular weight is 294 g/mol. The molecule has 0 atom stereocenters. The quantitative estimate of drug-likeness (QED) is 0.681. The molecule has 3 nitrogen and oxygen atoms in total. The van der Waals surface area contributed by atoms with Crippen molar-refractivity contribution in [2.24, 2.45) is 0 Å². The van der Waals surface area contributed by atoms with Gasteiger partial charge in [-0.1, -0.05) is 48.0 Å². The third kappa shape index (κ3) is 2.71. The van der Waals surface area contributed by atoms with Crippen LogP contribution in [0.15, 0.2) is 60.3 Å². The Morgan fingerprint density at radius 1 is 1.05 bits per heavy atom. The topological polar surface area (TPSA) is 32.3 Å². The second-order valence-electron chi connectivity index (χ2n) is 4.87. The number of benzene rings is 2. The Labute approximate surface area is 128 Å². The van der Waals surface area contributed by atoms with Gasteiger partial charge in [-0.05, 0) is 42.9 Å². The molecule has 0 aliphatic carbocycles. The van der Waals surface area contributed by atoms with Gasteiger partial charge in [0.1, 0.15) is 5.70 Å². The van der Waals surface area contributed by atoms with Gasteiger partial charge in [0.2, 0.25) is 0 Å². The van der Waals surface area contributed by atoms with Crippen molar-refractivity contribution in [3.8, 4) is 0 Å². The number of carbonyl (C=O) groups excluding carboxylic acids is 1. The lowest BCUT2D eigenvalue weighted by molar-refractivity contribution is -0.113. The van der Waals surface area contributed by atoms with E-state index in [0.29, 0.717) is 10.8 Å². The van der Waals surface area contributed by atoms with Gasteiger partial charge in [0.05, 0.1) is 5.69 Å². The van der Waals surface area contributed by atoms with Gasteiger partial charge < -0.3 is 5.32 Å². The van der Waals surface area contributed by atoms with E-state index in [1.54, 1.807) is 0 Å². The van der Waals surface area contributed by atoms with Crippen LogP contribution in [0.25, 0.3) is 6.08 Å². The molecule has 1 fully saturated rings. The van der Waals surface area contributed by atoms with Gasteiger partial charge in [-0.3, -0.25) is 9.69 Å². The summed E-state index contributed by atoms with van der Waals surface area (Å²) < 4.78 is 0. The lowest BCUT2D eigenvalue weighted by Crippen LogP contribution is -2.30. The number of carbonyl (C=O) groups is 1. The zero-order valence-electron chi connectivity index (χ0n) is 11.5. The first kappa shape index (κ1) is 13.5. The number of anilines is 1. The molecule has 21 heavy (non-hydrogen) atoms. The van der Waals surface area contributed by atoms with Crippen molar-refractivity contribution in [2.75, 3.05) is 4.90 Å². The number of hydrogen-bond donors (Lipinski definition) is 1. The Balaban J connectivity index is 1.92. The molecule has 3 rings (SSSR count). The van der Waals surface area contributed by atoms with Crippen molar-refractivity contribution in [2.45, 2.75) is 6.92 Å². The Bertz CT molecular complexity index is 720. The van der Waals surface area contributed by atoms with Crippen molar-refractivity contribution in [1.29, 1.82) is 0 Å². The third-order valence-corrected chi connectivity index (χ3v) is 3.57. The number of rotatable bonds is 2. The Hall–Kier alpha value is -2.46. The van der Waals surface area contributed by atoms with Gasteiger partial charge in [0, 0.05) is 0 Å². The first-order chi connectivity index (χ1) is 10.1. The van der Waals surface area contributed by atoms with Crippen molar-refractivity contribution in [3.05, 3.63) is 71.4 Å². The molecule has 0 saturated carbocycles. The van der Waals surface area contributed by atoms with Gasteiger partial charge in [0.25, 0.3) is 5.91 Å². The highest BCUT2D eigenvalue weighted by atomic mass is 32.1. The summed E-state index contributed by atoms with van der Waals surface area (Å²) in [5.74, 6) is -0.133. The summed E-state index contributed by atoms with van der Waals surface area (Å²) in [5, 5.41) is 3.39. The minimum atomic E-state index is -0.133. The lowest BCUT2D eigenvalue weighted by Gasteiger charge is -2.13. The predicted octanol–water partition coefficient (Wildman–Crippen LogP) is 3.26. The molecule has 1 amide bonds. The summed E-state index contributed by atoms with van der Waals surface area (Å²) >= 11 is 5.27. The monoisotopic (exact) mass is 294 g/mol. The van der Waals surface area contributed by atoms with Crippen LogP contribution in [0.4, 0.5) is 5.69 Å². The lowest BCUT2D eigenvalue weighted by atomic mass is 10.1. The fourth-order valence-electron chi connectivity index (χ4n) is 2.18. The van der Waals surface area contributed by atoms with Crippen molar-refractivity contribution >= 4 is 35.0 Å². The van der Waals surface area contributed by atoms with E-state index in [9.17, 15) is 4.79 Å². The highest BCUT2D eigenvalue weighted by Gasteiger charge is 2.31. The van der Waals surface area contributed by atoms with E-state index < -0.39 is 0 Å². The first-order valence-corrected chi connectivity index (χ1v) is 7.05. The maximum absolute atomic E-state index is 12.5. The third-order valence-electron chi connectivity index (χ3n) is 3.28. The molecule has 1 saturated heterocycles. The largest absolute Gasteiger partial charge is 0.327 e. The molecule has 0 radical (unpaired) electrons. The maximum Gasteiger partial charge on any atom is 0.281 e. The smallest absolute Gasteiger partial charge is 0.281 e. The molecule has 0 spiro atoms. The first-order valence-electron chi connectivity index (χ1n) is 6.64. The van der Waals surface area contributed by atoms with Crippen molar-refractivity contribution < 1.29 is 4.79 Å². The highest BCUT2D eigenvalue weighted by molar-refractivity contribution is 7.80. The normalized spacial score (nSPS) is 16.4. The Morgan fingerprint density at radius 3 is 2.38 bits per heavy atom. The number of hydrogen-bond acceptors (Lipinski definition) is 2. The van der Waals surface area contributed by atoms with Crippen LogP contribution in [0.5, 0.6) is 0 Å². The number of para-hydroxylation sites is 1. The molecule has 0 aromatic heterocycles. The minimum absolute atomic E-state index is 0.133. The standard InChI is InChI=1S/C17H14N2OS/c1-12-7-9-13(10-8-12)11-15-16(20)19(17(21)18-15)14-5-3-2-4-6-14/h2-11H,1H3,(H,18,21). The number of thiocarbonyl (C=S) groups is 1. The molecule has 0 unspecified atom stereocenters. The summed E-state index contributed by atoms with van der Waals surface area (Å²) in [6.45, 7) is 2.03. The van der Waals surface area contributed by atoms with Gasteiger partial charge in [0.15, 0.2) is 5.11 Å². The SMILES string of the molecule is Cc1ccc(C=C2NC(=S)N(c3ccccc3)C2=O)cc1. The molecule has 1 aliphatic rings. The van der Waals surface area contributed by atoms with Crippen LogP contribution in [0.2, 0.25) is 0 Å². The number of nitrogens with zero attached hydrogens (tertiary/aromatic N) is 1. The maximum atomic E-state index is 12.5. The molecule has 1 heterocycles. The average Bonchev–Trinajstić information content (AvgIpc) is 2.77. The van der Waals surface area contributed by atoms with Crippen LogP contribution in [-0.2, 0) is 4.79 Å². The molecule has 4 heteroatoms. The van der Waals surface area contributed by atoms with E-state index >= 15 is 0 Å². The second-order valence-corrected chi connectivity index (χ2v) is 5.26. The van der Waals surface area contributed by atoms with Crippen LogP contribution < -0.4 is 10.2 Å². The highest BCUT2D eigenvalue weighted by Crippen LogP contribution is 2.22. The van der Waals surface area contributed by atoms with E-state index in [2.05, 4.69) is 5.32 Å². The molecule has 1 aliphatic heterocycles. The van der Waals surface area contributed by atoms with Crippen LogP contribution in [0.1, 0.15) is 11.1 Å². The van der Waals surface area contributed by atoms with Crippen LogP contribution in [0, 0.1) is 6.92 Å². The molecule has 104 valence electrons. The van der Waals surface area contributed by atoms with Gasteiger partial charge >= 0.3 is 0 Å². The fraction of sp³-hybridized carbons (Fsp3) is 0.0588. The second kappa shape index (κ2) is 5.50. The molecular formula is C17H14N2OS. The number of amides is 1. The molecule has 1 N–H and O–H groups in total. The molecule has 2 aromatic rings. The van der Waals surface area contributed by atoms with Gasteiger partial charge in [-0.25, -0.2) is 0 Å². The number of aryl methyl sites for hydroxylation is 1. The van der Waals surface area contributed by atoms with Crippen LogP contribution in [-0.4, -0.2) is 11.0 Å². The minimum Gasteiger partial charge on any atom is -0.327 e. The zero-order chi connectivity index (χ0) is 14.8. The Kier molecular flexibility index (Phi) is 3.54. The predicted molar refractivity (Wildman–Crippen MR) is 88.8 cm³/mol. The molecular weight excluding hydrogens is 280 g/mol. The molecule has 0 bridgehead atoms. The summed E-state index contributed by atoms with van der Waals surface area (Å²) in [4.78, 5) is 14.0. The van der Waals surface area contributed by atoms with Crippen LogP contribution in [0.3, 0.4) is 0 Å². The van der Waals surface area contributed by atoms with E-state index in [0.717, 1.165) is 11.3 Å². The molecule has 2 aromatic carbocycles. The fourth-order valence-corrected chi connectivity index (χ4v) is 2.47. The van der Waals surface area contributed by atoms with E-state index in [4.69, 9.17) is 12.2 Å². The zero-order valence-corrected chi connectivity index (χ0v) is 12.4. The Morgan fingerprint density at radius 2 is 1.71 bits per heavy atom.